The number of nitrogens with one attached hydrogen (secondary N) is 1. The Labute approximate surface area is 122 Å². The zero-order valence-corrected chi connectivity index (χ0v) is 13.0. The predicted octanol–water partition coefficient (Wildman–Crippen LogP) is 3.20. The van der Waals surface area contributed by atoms with Crippen molar-refractivity contribution >= 4 is 5.84 Å². The number of rotatable bonds is 7. The first kappa shape index (κ1) is 16.5. The average Bonchev–Trinajstić information content (AvgIpc) is 2.42. The smallest absolute Gasteiger partial charge is 0.144 e. The van der Waals surface area contributed by atoms with E-state index >= 15 is 0 Å². The summed E-state index contributed by atoms with van der Waals surface area (Å²) >= 11 is 0. The van der Waals surface area contributed by atoms with Gasteiger partial charge in [-0.25, -0.2) is 0 Å². The highest BCUT2D eigenvalue weighted by atomic mass is 16.4. The van der Waals surface area contributed by atoms with Gasteiger partial charge in [0.2, 0.25) is 0 Å². The van der Waals surface area contributed by atoms with Gasteiger partial charge in [-0.1, -0.05) is 48.8 Å². The third-order valence-electron chi connectivity index (χ3n) is 3.77. The lowest BCUT2D eigenvalue weighted by atomic mass is 9.86. The lowest BCUT2D eigenvalue weighted by molar-refractivity contribution is 0.304. The number of nitrogens with two attached hydrogens (primary N) is 1. The van der Waals surface area contributed by atoms with Gasteiger partial charge in [0.25, 0.3) is 0 Å². The monoisotopic (exact) mass is 277 g/mol. The van der Waals surface area contributed by atoms with Gasteiger partial charge in [-0.05, 0) is 38.8 Å². The quantitative estimate of drug-likeness (QED) is 0.236. The van der Waals surface area contributed by atoms with Gasteiger partial charge in [0.15, 0.2) is 0 Å². The van der Waals surface area contributed by atoms with Gasteiger partial charge in [0.05, 0.1) is 0 Å². The van der Waals surface area contributed by atoms with E-state index in [9.17, 15) is 0 Å². The molecule has 0 spiro atoms. The molecule has 0 heterocycles. The van der Waals surface area contributed by atoms with Crippen LogP contribution in [0.3, 0.4) is 0 Å². The van der Waals surface area contributed by atoms with E-state index in [0.29, 0.717) is 11.9 Å². The van der Waals surface area contributed by atoms with E-state index in [0.717, 1.165) is 19.4 Å². The maximum Gasteiger partial charge on any atom is 0.144 e. The molecule has 0 unspecified atom stereocenters. The number of oxime groups is 1. The number of amidine groups is 1. The SMILES string of the molecule is Cc1cccc([C@@H](C)NCCCC(C)(C)/C(N)=N/O)c1. The predicted molar refractivity (Wildman–Crippen MR) is 84.0 cm³/mol. The first-order chi connectivity index (χ1) is 9.36. The highest BCUT2D eigenvalue weighted by Gasteiger charge is 2.22. The number of benzene rings is 1. The summed E-state index contributed by atoms with van der Waals surface area (Å²) in [6.07, 6.45) is 1.87. The molecule has 1 aromatic carbocycles. The molecule has 1 rings (SSSR count). The standard InChI is InChI=1S/C16H27N3O/c1-12-7-5-8-14(11-12)13(2)18-10-6-9-16(3,4)15(17)19-20/h5,7-8,11,13,18,20H,6,9-10H2,1-4H3,(H2,17,19)/t13-/m1/s1. The summed E-state index contributed by atoms with van der Waals surface area (Å²) in [4.78, 5) is 0. The Morgan fingerprint density at radius 3 is 2.75 bits per heavy atom. The van der Waals surface area contributed by atoms with E-state index in [-0.39, 0.29) is 5.41 Å². The molecule has 0 saturated carbocycles. The van der Waals surface area contributed by atoms with Crippen molar-refractivity contribution in [3.05, 3.63) is 35.4 Å². The maximum absolute atomic E-state index is 8.74. The van der Waals surface area contributed by atoms with Crippen LogP contribution in [0.4, 0.5) is 0 Å². The van der Waals surface area contributed by atoms with Crippen molar-refractivity contribution in [3.63, 3.8) is 0 Å². The van der Waals surface area contributed by atoms with Crippen LogP contribution < -0.4 is 11.1 Å². The van der Waals surface area contributed by atoms with Crippen LogP contribution in [0.5, 0.6) is 0 Å². The normalized spacial score (nSPS) is 14.3. The number of hydrogen-bond acceptors (Lipinski definition) is 3. The van der Waals surface area contributed by atoms with Crippen molar-refractivity contribution in [2.45, 2.75) is 46.6 Å². The first-order valence-electron chi connectivity index (χ1n) is 7.15. The van der Waals surface area contributed by atoms with Gasteiger partial charge < -0.3 is 16.3 Å². The second-order valence-corrected chi connectivity index (χ2v) is 6.06. The molecule has 4 heteroatoms. The molecule has 0 radical (unpaired) electrons. The van der Waals surface area contributed by atoms with Gasteiger partial charge in [0, 0.05) is 11.5 Å². The number of aryl methyl sites for hydroxylation is 1. The largest absolute Gasteiger partial charge is 0.409 e. The molecule has 112 valence electrons. The van der Waals surface area contributed by atoms with E-state index in [1.807, 2.05) is 13.8 Å². The lowest BCUT2D eigenvalue weighted by Gasteiger charge is -2.23. The minimum Gasteiger partial charge on any atom is -0.409 e. The molecule has 20 heavy (non-hydrogen) atoms. The third kappa shape index (κ3) is 4.85. The molecular formula is C16H27N3O. The molecule has 1 aromatic rings. The Balaban J connectivity index is 2.38. The van der Waals surface area contributed by atoms with Crippen molar-refractivity contribution in [1.29, 1.82) is 0 Å². The molecule has 0 aliphatic rings. The topological polar surface area (TPSA) is 70.6 Å². The minimum absolute atomic E-state index is 0.261. The summed E-state index contributed by atoms with van der Waals surface area (Å²) in [5.41, 5.74) is 8.01. The van der Waals surface area contributed by atoms with Crippen LogP contribution in [-0.4, -0.2) is 17.6 Å². The van der Waals surface area contributed by atoms with Crippen molar-refractivity contribution in [2.24, 2.45) is 16.3 Å². The molecule has 0 bridgehead atoms. The van der Waals surface area contributed by atoms with Crippen molar-refractivity contribution in [1.82, 2.24) is 5.32 Å². The summed E-state index contributed by atoms with van der Waals surface area (Å²) < 4.78 is 0. The minimum atomic E-state index is -0.261. The van der Waals surface area contributed by atoms with Crippen LogP contribution in [0.25, 0.3) is 0 Å². The molecule has 4 nitrogen and oxygen atoms in total. The summed E-state index contributed by atoms with van der Waals surface area (Å²) in [5, 5.41) is 15.4. The first-order valence-corrected chi connectivity index (χ1v) is 7.15. The summed E-state index contributed by atoms with van der Waals surface area (Å²) in [6.45, 7) is 9.18. The van der Waals surface area contributed by atoms with E-state index in [1.165, 1.54) is 11.1 Å². The molecule has 4 N–H and O–H groups in total. The molecule has 1 atom stereocenters. The Hall–Kier alpha value is -1.55. The summed E-state index contributed by atoms with van der Waals surface area (Å²) in [6, 6.07) is 8.88. The van der Waals surface area contributed by atoms with Gasteiger partial charge in [0.1, 0.15) is 5.84 Å². The number of nitrogens with zero attached hydrogens (tertiary/aromatic N) is 1. The highest BCUT2D eigenvalue weighted by Crippen LogP contribution is 2.22. The molecule has 0 fully saturated rings. The van der Waals surface area contributed by atoms with E-state index < -0.39 is 0 Å². The van der Waals surface area contributed by atoms with Crippen LogP contribution in [0.15, 0.2) is 29.4 Å². The Morgan fingerprint density at radius 1 is 1.45 bits per heavy atom. The van der Waals surface area contributed by atoms with Gasteiger partial charge in [-0.2, -0.15) is 0 Å². The Kier molecular flexibility index (Phi) is 6.02. The molecule has 0 saturated heterocycles. The summed E-state index contributed by atoms with van der Waals surface area (Å²) in [7, 11) is 0. The van der Waals surface area contributed by atoms with Crippen molar-refractivity contribution < 1.29 is 5.21 Å². The van der Waals surface area contributed by atoms with Gasteiger partial charge in [-0.3, -0.25) is 0 Å². The average molecular weight is 277 g/mol. The van der Waals surface area contributed by atoms with Gasteiger partial charge >= 0.3 is 0 Å². The van der Waals surface area contributed by atoms with E-state index in [1.54, 1.807) is 0 Å². The van der Waals surface area contributed by atoms with E-state index in [4.69, 9.17) is 10.9 Å². The van der Waals surface area contributed by atoms with Crippen molar-refractivity contribution in [2.75, 3.05) is 6.54 Å². The van der Waals surface area contributed by atoms with Crippen LogP contribution in [0.2, 0.25) is 0 Å². The zero-order chi connectivity index (χ0) is 15.2. The lowest BCUT2D eigenvalue weighted by Crippen LogP contribution is -2.32. The second kappa shape index (κ2) is 7.29. The van der Waals surface area contributed by atoms with Crippen LogP contribution in [0.1, 0.15) is 50.8 Å². The molecule has 0 aliphatic carbocycles. The molecule has 0 aromatic heterocycles. The third-order valence-corrected chi connectivity index (χ3v) is 3.77. The fourth-order valence-corrected chi connectivity index (χ4v) is 2.17. The molecular weight excluding hydrogens is 250 g/mol. The van der Waals surface area contributed by atoms with E-state index in [2.05, 4.69) is 48.6 Å². The Morgan fingerprint density at radius 2 is 2.15 bits per heavy atom. The zero-order valence-electron chi connectivity index (χ0n) is 13.0. The Bertz CT molecular complexity index is 455. The van der Waals surface area contributed by atoms with Crippen LogP contribution in [-0.2, 0) is 0 Å². The second-order valence-electron chi connectivity index (χ2n) is 6.06. The summed E-state index contributed by atoms with van der Waals surface area (Å²) in [5.74, 6) is 0.296. The van der Waals surface area contributed by atoms with Gasteiger partial charge in [-0.15, -0.1) is 0 Å². The van der Waals surface area contributed by atoms with Crippen molar-refractivity contribution in [3.8, 4) is 0 Å². The maximum atomic E-state index is 8.74. The van der Waals surface area contributed by atoms with Crippen LogP contribution >= 0.6 is 0 Å². The fourth-order valence-electron chi connectivity index (χ4n) is 2.17. The number of hydrogen-bond donors (Lipinski definition) is 3. The molecule has 0 amide bonds. The van der Waals surface area contributed by atoms with Crippen LogP contribution in [0, 0.1) is 12.3 Å². The highest BCUT2D eigenvalue weighted by molar-refractivity contribution is 5.85. The fraction of sp³-hybridized carbons (Fsp3) is 0.562. The molecule has 0 aliphatic heterocycles.